The second-order valence-electron chi connectivity index (χ2n) is 5.34. The molecule has 2 atom stereocenters. The number of fused-ring (bicyclic) bond motifs is 2. The lowest BCUT2D eigenvalue weighted by Crippen LogP contribution is -2.39. The third-order valence-electron chi connectivity index (χ3n) is 4.01. The fraction of sp³-hybridized carbons (Fsp3) is 0.500. The molecular formula is C14H17ClN2O2. The van der Waals surface area contributed by atoms with Gasteiger partial charge in [0, 0.05) is 30.7 Å². The summed E-state index contributed by atoms with van der Waals surface area (Å²) in [5.74, 6) is 0.00561. The number of amides is 1. The van der Waals surface area contributed by atoms with Crippen molar-refractivity contribution in [2.45, 2.75) is 31.3 Å². The molecule has 2 aliphatic heterocycles. The number of rotatable bonds is 1. The zero-order valence-electron chi connectivity index (χ0n) is 10.6. The van der Waals surface area contributed by atoms with Crippen LogP contribution >= 0.6 is 11.6 Å². The van der Waals surface area contributed by atoms with E-state index in [-0.39, 0.29) is 16.7 Å². The number of carbonyl (C=O) groups excluding carboxylic acids is 1. The molecule has 4 nitrogen and oxygen atoms in total. The standard InChI is InChI=1S/C14H17ClN2O2/c15-12-7-9(1-4-13(12)18)14(19)17-6-5-10-2-3-11(8-17)16-10/h1,4,7,10-11,16,18H,2-3,5-6,8H2. The molecule has 0 saturated carbocycles. The van der Waals surface area contributed by atoms with Gasteiger partial charge >= 0.3 is 0 Å². The Hall–Kier alpha value is -1.26. The third-order valence-corrected chi connectivity index (χ3v) is 4.31. The molecule has 5 heteroatoms. The van der Waals surface area contributed by atoms with Crippen LogP contribution < -0.4 is 5.32 Å². The maximum atomic E-state index is 12.5. The predicted octanol–water partition coefficient (Wildman–Crippen LogP) is 2.01. The van der Waals surface area contributed by atoms with Crippen molar-refractivity contribution in [1.29, 1.82) is 0 Å². The van der Waals surface area contributed by atoms with Crippen molar-refractivity contribution >= 4 is 17.5 Å². The summed E-state index contributed by atoms with van der Waals surface area (Å²) in [6.07, 6.45) is 3.37. The molecule has 3 rings (SSSR count). The lowest BCUT2D eigenvalue weighted by molar-refractivity contribution is 0.0748. The molecule has 0 aromatic heterocycles. The highest BCUT2D eigenvalue weighted by atomic mass is 35.5. The number of phenols is 1. The van der Waals surface area contributed by atoms with E-state index in [1.807, 2.05) is 4.90 Å². The van der Waals surface area contributed by atoms with E-state index in [9.17, 15) is 9.90 Å². The highest BCUT2D eigenvalue weighted by Crippen LogP contribution is 2.26. The lowest BCUT2D eigenvalue weighted by atomic mass is 10.1. The Morgan fingerprint density at radius 1 is 1.32 bits per heavy atom. The van der Waals surface area contributed by atoms with Crippen LogP contribution in [-0.4, -0.2) is 41.1 Å². The molecule has 2 saturated heterocycles. The normalized spacial score (nSPS) is 26.3. The zero-order valence-corrected chi connectivity index (χ0v) is 11.4. The zero-order chi connectivity index (χ0) is 13.4. The molecule has 0 spiro atoms. The van der Waals surface area contributed by atoms with Gasteiger partial charge in [0.1, 0.15) is 5.75 Å². The first kappa shape index (κ1) is 12.8. The van der Waals surface area contributed by atoms with Crippen LogP contribution in [-0.2, 0) is 0 Å². The summed E-state index contributed by atoms with van der Waals surface area (Å²) in [5, 5.41) is 13.2. The highest BCUT2D eigenvalue weighted by Gasteiger charge is 2.31. The van der Waals surface area contributed by atoms with Crippen molar-refractivity contribution in [3.05, 3.63) is 28.8 Å². The monoisotopic (exact) mass is 280 g/mol. The van der Waals surface area contributed by atoms with Crippen LogP contribution in [0.15, 0.2) is 18.2 Å². The Morgan fingerprint density at radius 2 is 2.11 bits per heavy atom. The maximum Gasteiger partial charge on any atom is 0.253 e. The summed E-state index contributed by atoms with van der Waals surface area (Å²) in [6.45, 7) is 1.54. The Labute approximate surface area is 117 Å². The molecule has 2 N–H and O–H groups in total. The summed E-state index contributed by atoms with van der Waals surface area (Å²) < 4.78 is 0. The minimum Gasteiger partial charge on any atom is -0.506 e. The van der Waals surface area contributed by atoms with Crippen molar-refractivity contribution in [3.63, 3.8) is 0 Å². The summed E-state index contributed by atoms with van der Waals surface area (Å²) >= 11 is 5.86. The van der Waals surface area contributed by atoms with Crippen LogP contribution in [0.2, 0.25) is 5.02 Å². The van der Waals surface area contributed by atoms with Gasteiger partial charge in [-0.3, -0.25) is 4.79 Å². The van der Waals surface area contributed by atoms with E-state index >= 15 is 0 Å². The van der Waals surface area contributed by atoms with Gasteiger partial charge in [-0.1, -0.05) is 11.6 Å². The Kier molecular flexibility index (Phi) is 3.37. The molecule has 0 radical (unpaired) electrons. The molecule has 0 aliphatic carbocycles. The quantitative estimate of drug-likeness (QED) is 0.827. The number of nitrogens with one attached hydrogen (secondary N) is 1. The van der Waals surface area contributed by atoms with Crippen molar-refractivity contribution < 1.29 is 9.90 Å². The molecular weight excluding hydrogens is 264 g/mol. The van der Waals surface area contributed by atoms with Gasteiger partial charge in [-0.15, -0.1) is 0 Å². The number of aromatic hydroxyl groups is 1. The first-order chi connectivity index (χ1) is 9.13. The summed E-state index contributed by atoms with van der Waals surface area (Å²) in [6, 6.07) is 5.61. The largest absolute Gasteiger partial charge is 0.506 e. The van der Waals surface area contributed by atoms with Crippen LogP contribution in [0.4, 0.5) is 0 Å². The molecule has 2 aliphatic rings. The van der Waals surface area contributed by atoms with Gasteiger partial charge in [0.05, 0.1) is 5.02 Å². The summed E-state index contributed by atoms with van der Waals surface area (Å²) in [4.78, 5) is 14.3. The van der Waals surface area contributed by atoms with Crippen LogP contribution in [0.5, 0.6) is 5.75 Å². The van der Waals surface area contributed by atoms with Gasteiger partial charge in [-0.05, 0) is 37.5 Å². The second kappa shape index (κ2) is 5.02. The SMILES string of the molecule is O=C(c1ccc(O)c(Cl)c1)N1CCC2CCC(C1)N2. The van der Waals surface area contributed by atoms with Gasteiger partial charge in [0.25, 0.3) is 5.91 Å². The maximum absolute atomic E-state index is 12.5. The van der Waals surface area contributed by atoms with Crippen molar-refractivity contribution in [2.24, 2.45) is 0 Å². The van der Waals surface area contributed by atoms with Gasteiger partial charge in [0.15, 0.2) is 0 Å². The Morgan fingerprint density at radius 3 is 2.89 bits per heavy atom. The molecule has 19 heavy (non-hydrogen) atoms. The minimum absolute atomic E-state index is 0.00347. The fourth-order valence-corrected chi connectivity index (χ4v) is 3.13. The van der Waals surface area contributed by atoms with Crippen LogP contribution in [0.25, 0.3) is 0 Å². The first-order valence-electron chi connectivity index (χ1n) is 6.67. The summed E-state index contributed by atoms with van der Waals surface area (Å²) in [7, 11) is 0. The van der Waals surface area contributed by atoms with E-state index in [0.717, 1.165) is 25.9 Å². The minimum atomic E-state index is -0.00347. The molecule has 2 bridgehead atoms. The lowest BCUT2D eigenvalue weighted by Gasteiger charge is -2.24. The number of nitrogens with zero attached hydrogens (tertiary/aromatic N) is 1. The van der Waals surface area contributed by atoms with Gasteiger partial charge in [-0.2, -0.15) is 0 Å². The molecule has 1 aromatic carbocycles. The topological polar surface area (TPSA) is 52.6 Å². The van der Waals surface area contributed by atoms with E-state index in [4.69, 9.17) is 11.6 Å². The number of likely N-dealkylation sites (tertiary alicyclic amines) is 1. The number of halogens is 1. The summed E-state index contributed by atoms with van der Waals surface area (Å²) in [5.41, 5.74) is 0.542. The molecule has 2 heterocycles. The molecule has 1 amide bonds. The van der Waals surface area contributed by atoms with Crippen molar-refractivity contribution in [3.8, 4) is 5.75 Å². The molecule has 2 unspecified atom stereocenters. The average Bonchev–Trinajstić information content (AvgIpc) is 2.72. The van der Waals surface area contributed by atoms with Crippen molar-refractivity contribution in [2.75, 3.05) is 13.1 Å². The van der Waals surface area contributed by atoms with Crippen molar-refractivity contribution in [1.82, 2.24) is 10.2 Å². The predicted molar refractivity (Wildman–Crippen MR) is 73.6 cm³/mol. The van der Waals surface area contributed by atoms with Crippen LogP contribution in [0, 0.1) is 0 Å². The number of hydrogen-bond donors (Lipinski definition) is 2. The van der Waals surface area contributed by atoms with Crippen LogP contribution in [0.1, 0.15) is 29.6 Å². The number of carbonyl (C=O) groups is 1. The van der Waals surface area contributed by atoms with E-state index in [1.54, 1.807) is 6.07 Å². The van der Waals surface area contributed by atoms with Gasteiger partial charge < -0.3 is 15.3 Å². The van der Waals surface area contributed by atoms with Crippen LogP contribution in [0.3, 0.4) is 0 Å². The van der Waals surface area contributed by atoms with E-state index in [1.165, 1.54) is 18.6 Å². The van der Waals surface area contributed by atoms with Gasteiger partial charge in [0.2, 0.25) is 0 Å². The highest BCUT2D eigenvalue weighted by molar-refractivity contribution is 6.32. The Bertz CT molecular complexity index is 506. The number of phenolic OH excluding ortho intramolecular Hbond substituents is 1. The fourth-order valence-electron chi connectivity index (χ4n) is 2.95. The van der Waals surface area contributed by atoms with E-state index < -0.39 is 0 Å². The van der Waals surface area contributed by atoms with Gasteiger partial charge in [-0.25, -0.2) is 0 Å². The molecule has 1 aromatic rings. The number of benzene rings is 1. The van der Waals surface area contributed by atoms with E-state index in [0.29, 0.717) is 17.6 Å². The second-order valence-corrected chi connectivity index (χ2v) is 5.75. The molecule has 2 fully saturated rings. The smallest absolute Gasteiger partial charge is 0.253 e. The third kappa shape index (κ3) is 2.55. The Balaban J connectivity index is 1.77. The number of hydrogen-bond acceptors (Lipinski definition) is 3. The first-order valence-corrected chi connectivity index (χ1v) is 7.05. The average molecular weight is 281 g/mol. The van der Waals surface area contributed by atoms with E-state index in [2.05, 4.69) is 5.32 Å². The molecule has 102 valence electrons.